The first-order valence-electron chi connectivity index (χ1n) is 8.39. The molecule has 8 nitrogen and oxygen atoms in total. The molecule has 1 aromatic carbocycles. The van der Waals surface area contributed by atoms with E-state index in [1.54, 1.807) is 18.5 Å². The first-order chi connectivity index (χ1) is 12.6. The standard InChI is InChI=1S/C16H21FN4O4S2/c1-13-18-16(12-19(13)2)27(24,25)21-9-5-8-20(10-11-21)26(22,23)15-7-4-3-6-14(15)17/h3-4,6-7,12H,5,8-11H2,1-2H3. The molecule has 0 radical (unpaired) electrons. The van der Waals surface area contributed by atoms with E-state index in [2.05, 4.69) is 4.98 Å². The van der Waals surface area contributed by atoms with Gasteiger partial charge in [0.2, 0.25) is 10.0 Å². The Morgan fingerprint density at radius 2 is 1.56 bits per heavy atom. The van der Waals surface area contributed by atoms with Crippen LogP contribution in [0.25, 0.3) is 0 Å². The Kier molecular flexibility index (Phi) is 5.39. The Balaban J connectivity index is 1.82. The molecule has 0 unspecified atom stereocenters. The van der Waals surface area contributed by atoms with E-state index in [9.17, 15) is 21.2 Å². The van der Waals surface area contributed by atoms with Gasteiger partial charge in [-0.05, 0) is 25.5 Å². The fourth-order valence-electron chi connectivity index (χ4n) is 2.93. The van der Waals surface area contributed by atoms with Crippen molar-refractivity contribution in [1.29, 1.82) is 0 Å². The molecule has 1 aliphatic heterocycles. The van der Waals surface area contributed by atoms with E-state index >= 15 is 0 Å². The summed E-state index contributed by atoms with van der Waals surface area (Å²) in [6.45, 7) is 1.91. The summed E-state index contributed by atoms with van der Waals surface area (Å²) in [5.41, 5.74) is 0. The van der Waals surface area contributed by atoms with Crippen LogP contribution in [0.2, 0.25) is 0 Å². The number of benzene rings is 1. The van der Waals surface area contributed by atoms with Gasteiger partial charge in [-0.1, -0.05) is 12.1 Å². The summed E-state index contributed by atoms with van der Waals surface area (Å²) in [6, 6.07) is 5.17. The van der Waals surface area contributed by atoms with Gasteiger partial charge < -0.3 is 4.57 Å². The average molecular weight is 417 g/mol. The molecule has 0 atom stereocenters. The zero-order valence-electron chi connectivity index (χ0n) is 15.0. The molecule has 1 saturated heterocycles. The highest BCUT2D eigenvalue weighted by molar-refractivity contribution is 7.89. The van der Waals surface area contributed by atoms with Crippen LogP contribution in [0, 0.1) is 12.7 Å². The van der Waals surface area contributed by atoms with Crippen LogP contribution in [-0.4, -0.2) is 61.2 Å². The molecule has 0 aliphatic carbocycles. The van der Waals surface area contributed by atoms with Crippen molar-refractivity contribution < 1.29 is 21.2 Å². The summed E-state index contributed by atoms with van der Waals surface area (Å²) in [5.74, 6) is -0.262. The molecule has 0 amide bonds. The molecule has 2 heterocycles. The smallest absolute Gasteiger partial charge is 0.262 e. The van der Waals surface area contributed by atoms with Gasteiger partial charge in [-0.2, -0.15) is 8.61 Å². The Labute approximate surface area is 158 Å². The highest BCUT2D eigenvalue weighted by atomic mass is 32.2. The summed E-state index contributed by atoms with van der Waals surface area (Å²) in [7, 11) is -6.16. The highest BCUT2D eigenvalue weighted by Crippen LogP contribution is 2.22. The summed E-state index contributed by atoms with van der Waals surface area (Å²) >= 11 is 0. The maximum atomic E-state index is 13.9. The van der Waals surface area contributed by atoms with E-state index in [1.165, 1.54) is 28.7 Å². The van der Waals surface area contributed by atoms with Crippen LogP contribution in [0.1, 0.15) is 12.2 Å². The minimum Gasteiger partial charge on any atom is -0.337 e. The zero-order valence-corrected chi connectivity index (χ0v) is 16.7. The van der Waals surface area contributed by atoms with Gasteiger partial charge >= 0.3 is 0 Å². The molecule has 0 bridgehead atoms. The number of halogens is 1. The molecule has 3 rings (SSSR count). The number of hydrogen-bond donors (Lipinski definition) is 0. The first kappa shape index (κ1) is 19.9. The van der Waals surface area contributed by atoms with Crippen LogP contribution >= 0.6 is 0 Å². The SMILES string of the molecule is Cc1nc(S(=O)(=O)N2CCCN(S(=O)(=O)c3ccccc3F)CC2)cn1C. The lowest BCUT2D eigenvalue weighted by Crippen LogP contribution is -2.37. The zero-order chi connectivity index (χ0) is 19.8. The van der Waals surface area contributed by atoms with E-state index < -0.39 is 30.8 Å². The van der Waals surface area contributed by atoms with Gasteiger partial charge in [-0.15, -0.1) is 0 Å². The molecular weight excluding hydrogens is 395 g/mol. The largest absolute Gasteiger partial charge is 0.337 e. The number of sulfonamides is 2. The van der Waals surface area contributed by atoms with E-state index in [4.69, 9.17) is 0 Å². The molecule has 0 spiro atoms. The Morgan fingerprint density at radius 3 is 2.11 bits per heavy atom. The molecule has 148 valence electrons. The number of hydrogen-bond acceptors (Lipinski definition) is 5. The fraction of sp³-hybridized carbons (Fsp3) is 0.438. The van der Waals surface area contributed by atoms with Crippen LogP contribution in [0.4, 0.5) is 4.39 Å². The van der Waals surface area contributed by atoms with Gasteiger partial charge in [0.05, 0.1) is 0 Å². The van der Waals surface area contributed by atoms with Gasteiger partial charge in [-0.25, -0.2) is 26.2 Å². The molecule has 1 aliphatic rings. The molecule has 1 aromatic heterocycles. The van der Waals surface area contributed by atoms with Crippen LogP contribution in [0.5, 0.6) is 0 Å². The predicted molar refractivity (Wildman–Crippen MR) is 96.5 cm³/mol. The lowest BCUT2D eigenvalue weighted by atomic mass is 10.3. The van der Waals surface area contributed by atoms with E-state index in [0.717, 1.165) is 10.4 Å². The third kappa shape index (κ3) is 3.77. The lowest BCUT2D eigenvalue weighted by Gasteiger charge is -2.21. The first-order valence-corrected chi connectivity index (χ1v) is 11.3. The number of nitrogens with zero attached hydrogens (tertiary/aromatic N) is 4. The van der Waals surface area contributed by atoms with Gasteiger partial charge in [-0.3, -0.25) is 0 Å². The van der Waals surface area contributed by atoms with Crippen LogP contribution in [0.3, 0.4) is 0 Å². The maximum absolute atomic E-state index is 13.9. The third-order valence-electron chi connectivity index (χ3n) is 4.56. The number of rotatable bonds is 4. The number of aryl methyl sites for hydroxylation is 2. The Hall–Kier alpha value is -1.82. The van der Waals surface area contributed by atoms with Crippen molar-refractivity contribution in [3.8, 4) is 0 Å². The van der Waals surface area contributed by atoms with Gasteiger partial charge in [0, 0.05) is 39.4 Å². The minimum absolute atomic E-state index is 0.0222. The maximum Gasteiger partial charge on any atom is 0.262 e. The summed E-state index contributed by atoms with van der Waals surface area (Å²) in [5, 5.41) is -0.0621. The molecule has 2 aromatic rings. The quantitative estimate of drug-likeness (QED) is 0.740. The second-order valence-corrected chi connectivity index (χ2v) is 10.1. The summed E-state index contributed by atoms with van der Waals surface area (Å²) < 4.78 is 69.0. The van der Waals surface area contributed by atoms with E-state index in [1.807, 2.05) is 0 Å². The lowest BCUT2D eigenvalue weighted by molar-refractivity contribution is 0.401. The normalized spacial score (nSPS) is 17.7. The van der Waals surface area contributed by atoms with Gasteiger partial charge in [0.1, 0.15) is 16.5 Å². The molecule has 11 heteroatoms. The summed E-state index contributed by atoms with van der Waals surface area (Å²) in [4.78, 5) is 3.67. The van der Waals surface area contributed by atoms with Crippen molar-refractivity contribution >= 4 is 20.0 Å². The minimum atomic E-state index is -4.04. The van der Waals surface area contributed by atoms with Crippen LogP contribution < -0.4 is 0 Å². The molecule has 0 N–H and O–H groups in total. The average Bonchev–Trinajstić information content (AvgIpc) is 2.83. The molecule has 0 saturated carbocycles. The van der Waals surface area contributed by atoms with E-state index in [0.29, 0.717) is 12.2 Å². The van der Waals surface area contributed by atoms with Gasteiger partial charge in [0.15, 0.2) is 5.03 Å². The van der Waals surface area contributed by atoms with Crippen molar-refractivity contribution in [3.05, 3.63) is 42.1 Å². The highest BCUT2D eigenvalue weighted by Gasteiger charge is 2.33. The molecule has 1 fully saturated rings. The fourth-order valence-corrected chi connectivity index (χ4v) is 5.96. The van der Waals surface area contributed by atoms with Crippen molar-refractivity contribution in [1.82, 2.24) is 18.2 Å². The monoisotopic (exact) mass is 416 g/mol. The number of imidazole rings is 1. The molecule has 27 heavy (non-hydrogen) atoms. The van der Waals surface area contributed by atoms with Crippen molar-refractivity contribution in [2.24, 2.45) is 7.05 Å². The van der Waals surface area contributed by atoms with Gasteiger partial charge in [0.25, 0.3) is 10.0 Å². The second kappa shape index (κ2) is 7.30. The topological polar surface area (TPSA) is 92.6 Å². The second-order valence-electron chi connectivity index (χ2n) is 6.33. The number of aromatic nitrogens is 2. The third-order valence-corrected chi connectivity index (χ3v) is 8.26. The van der Waals surface area contributed by atoms with Crippen LogP contribution in [-0.2, 0) is 27.1 Å². The Bertz CT molecular complexity index is 1030. The van der Waals surface area contributed by atoms with Crippen molar-refractivity contribution in [2.75, 3.05) is 26.2 Å². The molecular formula is C16H21FN4O4S2. The van der Waals surface area contributed by atoms with Crippen molar-refractivity contribution in [2.45, 2.75) is 23.3 Å². The van der Waals surface area contributed by atoms with Crippen molar-refractivity contribution in [3.63, 3.8) is 0 Å². The predicted octanol–water partition coefficient (Wildman–Crippen LogP) is 0.953. The Morgan fingerprint density at radius 1 is 0.963 bits per heavy atom. The van der Waals surface area contributed by atoms with Crippen LogP contribution in [0.15, 0.2) is 40.4 Å². The van der Waals surface area contributed by atoms with E-state index in [-0.39, 0.29) is 31.2 Å². The summed E-state index contributed by atoms with van der Waals surface area (Å²) in [6.07, 6.45) is 1.74.